The zero-order valence-electron chi connectivity index (χ0n) is 10.4. The summed E-state index contributed by atoms with van der Waals surface area (Å²) in [6.07, 6.45) is 3.10. The van der Waals surface area contributed by atoms with Crippen LogP contribution in [-0.2, 0) is 14.6 Å². The van der Waals surface area contributed by atoms with Crippen LogP contribution < -0.4 is 5.32 Å². The second-order valence-corrected chi connectivity index (χ2v) is 6.40. The molecule has 18 heavy (non-hydrogen) atoms. The van der Waals surface area contributed by atoms with Crippen LogP contribution >= 0.6 is 11.6 Å². The SMILES string of the molecule is CCCCC(=O)Nc1cccc(Cl)c1S(C)(=O)=O. The third-order valence-corrected chi connectivity index (χ3v) is 3.98. The maximum atomic E-state index is 11.6. The van der Waals surface area contributed by atoms with Crippen molar-refractivity contribution in [2.24, 2.45) is 0 Å². The van der Waals surface area contributed by atoms with Crippen LogP contribution in [0, 0.1) is 0 Å². The van der Waals surface area contributed by atoms with Crippen molar-refractivity contribution in [2.75, 3.05) is 11.6 Å². The topological polar surface area (TPSA) is 63.2 Å². The highest BCUT2D eigenvalue weighted by atomic mass is 35.5. The largest absolute Gasteiger partial charge is 0.325 e. The van der Waals surface area contributed by atoms with E-state index in [-0.39, 0.29) is 21.5 Å². The van der Waals surface area contributed by atoms with Crippen LogP contribution in [0.25, 0.3) is 0 Å². The predicted octanol–water partition coefficient (Wildman–Crippen LogP) is 2.87. The number of sulfone groups is 1. The summed E-state index contributed by atoms with van der Waals surface area (Å²) in [7, 11) is -3.48. The summed E-state index contributed by atoms with van der Waals surface area (Å²) in [4.78, 5) is 11.6. The lowest BCUT2D eigenvalue weighted by Gasteiger charge is -2.11. The van der Waals surface area contributed by atoms with Gasteiger partial charge in [0.15, 0.2) is 9.84 Å². The second kappa shape index (κ2) is 6.20. The molecule has 100 valence electrons. The number of carbonyl (C=O) groups is 1. The van der Waals surface area contributed by atoms with Gasteiger partial charge >= 0.3 is 0 Å². The van der Waals surface area contributed by atoms with Gasteiger partial charge in [0.1, 0.15) is 4.90 Å². The zero-order chi connectivity index (χ0) is 13.8. The van der Waals surface area contributed by atoms with E-state index in [4.69, 9.17) is 11.6 Å². The first kappa shape index (κ1) is 15.0. The van der Waals surface area contributed by atoms with Crippen molar-refractivity contribution < 1.29 is 13.2 Å². The maximum Gasteiger partial charge on any atom is 0.224 e. The summed E-state index contributed by atoms with van der Waals surface area (Å²) in [5.74, 6) is -0.205. The van der Waals surface area contributed by atoms with E-state index in [0.717, 1.165) is 19.1 Å². The molecular weight excluding hydrogens is 274 g/mol. The second-order valence-electron chi connectivity index (χ2n) is 4.04. The fraction of sp³-hybridized carbons (Fsp3) is 0.417. The van der Waals surface area contributed by atoms with Crippen molar-refractivity contribution in [1.29, 1.82) is 0 Å². The smallest absolute Gasteiger partial charge is 0.224 e. The van der Waals surface area contributed by atoms with Crippen molar-refractivity contribution in [3.63, 3.8) is 0 Å². The summed E-state index contributed by atoms with van der Waals surface area (Å²) in [6, 6.07) is 4.62. The lowest BCUT2D eigenvalue weighted by Crippen LogP contribution is -2.14. The fourth-order valence-electron chi connectivity index (χ4n) is 1.53. The first-order chi connectivity index (χ1) is 8.36. The quantitative estimate of drug-likeness (QED) is 0.906. The predicted molar refractivity (Wildman–Crippen MR) is 72.7 cm³/mol. The Morgan fingerprint density at radius 2 is 2.06 bits per heavy atom. The highest BCUT2D eigenvalue weighted by Crippen LogP contribution is 2.29. The normalized spacial score (nSPS) is 11.3. The summed E-state index contributed by atoms with van der Waals surface area (Å²) in [5.41, 5.74) is 0.242. The number of amides is 1. The van der Waals surface area contributed by atoms with Crippen molar-refractivity contribution in [3.05, 3.63) is 23.2 Å². The van der Waals surface area contributed by atoms with Gasteiger partial charge in [-0.25, -0.2) is 8.42 Å². The minimum atomic E-state index is -3.48. The number of halogens is 1. The van der Waals surface area contributed by atoms with Crippen LogP contribution in [0.3, 0.4) is 0 Å². The number of rotatable bonds is 5. The molecule has 0 saturated carbocycles. The first-order valence-corrected chi connectivity index (χ1v) is 7.91. The number of carbonyl (C=O) groups excluding carboxylic acids is 1. The van der Waals surface area contributed by atoms with E-state index < -0.39 is 9.84 Å². The van der Waals surface area contributed by atoms with E-state index in [1.807, 2.05) is 6.92 Å². The van der Waals surface area contributed by atoms with Crippen LogP contribution in [-0.4, -0.2) is 20.6 Å². The molecular formula is C12H16ClNO3S. The van der Waals surface area contributed by atoms with Crippen molar-refractivity contribution in [1.82, 2.24) is 0 Å². The minimum absolute atomic E-state index is 0.0310. The van der Waals surface area contributed by atoms with E-state index in [9.17, 15) is 13.2 Å². The van der Waals surface area contributed by atoms with E-state index in [0.29, 0.717) is 6.42 Å². The summed E-state index contributed by atoms with van der Waals surface area (Å²) < 4.78 is 23.3. The molecule has 4 nitrogen and oxygen atoms in total. The Hall–Kier alpha value is -1.07. The molecule has 1 rings (SSSR count). The Bertz CT molecular complexity index is 540. The van der Waals surface area contributed by atoms with Crippen molar-refractivity contribution in [2.45, 2.75) is 31.1 Å². The lowest BCUT2D eigenvalue weighted by molar-refractivity contribution is -0.116. The maximum absolute atomic E-state index is 11.6. The van der Waals surface area contributed by atoms with E-state index in [2.05, 4.69) is 5.32 Å². The van der Waals surface area contributed by atoms with Gasteiger partial charge in [-0.15, -0.1) is 0 Å². The molecule has 0 bridgehead atoms. The fourth-order valence-corrected chi connectivity index (χ4v) is 3.07. The summed E-state index contributed by atoms with van der Waals surface area (Å²) in [5, 5.41) is 2.71. The Morgan fingerprint density at radius 1 is 1.39 bits per heavy atom. The molecule has 1 aromatic rings. The van der Waals surface area contributed by atoms with Gasteiger partial charge in [-0.3, -0.25) is 4.79 Å². The Balaban J connectivity index is 3.03. The van der Waals surface area contributed by atoms with Crippen molar-refractivity contribution >= 4 is 33.0 Å². The zero-order valence-corrected chi connectivity index (χ0v) is 11.9. The summed E-state index contributed by atoms with van der Waals surface area (Å²) in [6.45, 7) is 1.98. The molecule has 0 aromatic heterocycles. The van der Waals surface area contributed by atoms with Crippen molar-refractivity contribution in [3.8, 4) is 0 Å². The van der Waals surface area contributed by atoms with Crippen LogP contribution in [0.4, 0.5) is 5.69 Å². The number of nitrogens with one attached hydrogen (secondary N) is 1. The van der Waals surface area contributed by atoms with Gasteiger partial charge in [0.25, 0.3) is 0 Å². The molecule has 0 aliphatic heterocycles. The Kier molecular flexibility index (Phi) is 5.16. The number of unbranched alkanes of at least 4 members (excludes halogenated alkanes) is 1. The molecule has 0 heterocycles. The van der Waals surface area contributed by atoms with Gasteiger partial charge in [-0.05, 0) is 18.6 Å². The van der Waals surface area contributed by atoms with Gasteiger partial charge in [0, 0.05) is 12.7 Å². The third-order valence-electron chi connectivity index (χ3n) is 2.37. The van der Waals surface area contributed by atoms with Gasteiger partial charge in [0.05, 0.1) is 10.7 Å². The third kappa shape index (κ3) is 3.99. The van der Waals surface area contributed by atoms with Crippen LogP contribution in [0.5, 0.6) is 0 Å². The number of hydrogen-bond donors (Lipinski definition) is 1. The Morgan fingerprint density at radius 3 is 2.61 bits per heavy atom. The molecule has 0 unspecified atom stereocenters. The number of benzene rings is 1. The standard InChI is InChI=1S/C12H16ClNO3S/c1-3-4-8-11(15)14-10-7-5-6-9(13)12(10)18(2,16)17/h5-7H,3-4,8H2,1-2H3,(H,14,15). The molecule has 0 spiro atoms. The molecule has 0 aliphatic carbocycles. The molecule has 0 atom stereocenters. The highest BCUT2D eigenvalue weighted by molar-refractivity contribution is 7.91. The van der Waals surface area contributed by atoms with Crippen LogP contribution in [0.2, 0.25) is 5.02 Å². The monoisotopic (exact) mass is 289 g/mol. The average Bonchev–Trinajstić information content (AvgIpc) is 2.24. The van der Waals surface area contributed by atoms with E-state index >= 15 is 0 Å². The minimum Gasteiger partial charge on any atom is -0.325 e. The van der Waals surface area contributed by atoms with Crippen LogP contribution in [0.1, 0.15) is 26.2 Å². The molecule has 0 saturated heterocycles. The van der Waals surface area contributed by atoms with Crippen LogP contribution in [0.15, 0.2) is 23.1 Å². The molecule has 1 amide bonds. The molecule has 1 N–H and O–H groups in total. The van der Waals surface area contributed by atoms with E-state index in [1.165, 1.54) is 12.1 Å². The molecule has 0 fully saturated rings. The van der Waals surface area contributed by atoms with E-state index in [1.54, 1.807) is 6.07 Å². The number of hydrogen-bond acceptors (Lipinski definition) is 3. The highest BCUT2D eigenvalue weighted by Gasteiger charge is 2.18. The van der Waals surface area contributed by atoms with Gasteiger partial charge < -0.3 is 5.32 Å². The first-order valence-electron chi connectivity index (χ1n) is 5.64. The molecule has 6 heteroatoms. The molecule has 1 aromatic carbocycles. The van der Waals surface area contributed by atoms with Gasteiger partial charge in [-0.1, -0.05) is 31.0 Å². The lowest BCUT2D eigenvalue weighted by atomic mass is 10.2. The average molecular weight is 290 g/mol. The van der Waals surface area contributed by atoms with Gasteiger partial charge in [-0.2, -0.15) is 0 Å². The van der Waals surface area contributed by atoms with Gasteiger partial charge in [0.2, 0.25) is 5.91 Å². The molecule has 0 aliphatic rings. The number of anilines is 1. The Labute approximate surface area is 112 Å². The summed E-state index contributed by atoms with van der Waals surface area (Å²) >= 11 is 5.87. The molecule has 0 radical (unpaired) electrons.